The lowest BCUT2D eigenvalue weighted by Gasteiger charge is -2.19. The Morgan fingerprint density at radius 2 is 1.88 bits per heavy atom. The van der Waals surface area contributed by atoms with E-state index in [1.165, 1.54) is 0 Å². The molecule has 0 aromatic heterocycles. The van der Waals surface area contributed by atoms with Gasteiger partial charge in [-0.2, -0.15) is 0 Å². The van der Waals surface area contributed by atoms with Gasteiger partial charge in [-0.25, -0.2) is 0 Å². The number of hydrogen-bond donors (Lipinski definition) is 1. The van der Waals surface area contributed by atoms with E-state index < -0.39 is 0 Å². The molecule has 0 aliphatic carbocycles. The second-order valence-corrected chi connectivity index (χ2v) is 6.97. The quantitative estimate of drug-likeness (QED) is 0.796. The highest BCUT2D eigenvalue weighted by atomic mass is 35.5. The fourth-order valence-corrected chi connectivity index (χ4v) is 3.13. The normalized spacial score (nSPS) is 12.9. The lowest BCUT2D eigenvalue weighted by molar-refractivity contribution is -0.116. The maximum Gasteiger partial charge on any atom is 0.225 e. The Morgan fingerprint density at radius 1 is 1.12 bits per heavy atom. The first kappa shape index (κ1) is 18.8. The van der Waals surface area contributed by atoms with Crippen molar-refractivity contribution in [2.24, 2.45) is 0 Å². The van der Waals surface area contributed by atoms with E-state index in [4.69, 9.17) is 32.7 Å². The van der Waals surface area contributed by atoms with Crippen molar-refractivity contribution < 1.29 is 14.3 Å². The number of halogens is 2. The van der Waals surface area contributed by atoms with Crippen LogP contribution in [0.2, 0.25) is 10.0 Å². The summed E-state index contributed by atoms with van der Waals surface area (Å²) in [5.74, 6) is 1.30. The first-order chi connectivity index (χ1) is 12.5. The molecule has 2 aromatic rings. The molecule has 0 atom stereocenters. The topological polar surface area (TPSA) is 50.8 Å². The van der Waals surface area contributed by atoms with E-state index in [2.05, 4.69) is 5.32 Å². The van der Waals surface area contributed by atoms with Gasteiger partial charge < -0.3 is 19.7 Å². The summed E-state index contributed by atoms with van der Waals surface area (Å²) in [6.07, 6.45) is 0.371. The van der Waals surface area contributed by atoms with Crippen LogP contribution in [0.4, 0.5) is 5.69 Å². The molecule has 1 heterocycles. The zero-order valence-corrected chi connectivity index (χ0v) is 15.9. The maximum absolute atomic E-state index is 12.2. The number of amides is 1. The van der Waals surface area contributed by atoms with Crippen LogP contribution in [-0.4, -0.2) is 37.6 Å². The molecule has 138 valence electrons. The number of rotatable bonds is 6. The Bertz CT molecular complexity index is 798. The third-order valence-electron chi connectivity index (χ3n) is 4.00. The number of anilines is 1. The molecular weight excluding hydrogens is 375 g/mol. The highest BCUT2D eigenvalue weighted by Crippen LogP contribution is 2.32. The summed E-state index contributed by atoms with van der Waals surface area (Å²) in [6, 6.07) is 10.8. The Morgan fingerprint density at radius 3 is 2.65 bits per heavy atom. The molecule has 7 heteroatoms. The summed E-state index contributed by atoms with van der Waals surface area (Å²) in [7, 11) is 1.95. The molecule has 2 aromatic carbocycles. The summed E-state index contributed by atoms with van der Waals surface area (Å²) in [4.78, 5) is 14.2. The van der Waals surface area contributed by atoms with Crippen molar-refractivity contribution in [2.75, 3.05) is 32.1 Å². The van der Waals surface area contributed by atoms with Crippen molar-refractivity contribution in [3.8, 4) is 11.5 Å². The van der Waals surface area contributed by atoms with Crippen LogP contribution in [0.1, 0.15) is 12.0 Å². The van der Waals surface area contributed by atoms with Crippen molar-refractivity contribution in [2.45, 2.75) is 13.0 Å². The highest BCUT2D eigenvalue weighted by Gasteiger charge is 2.13. The Hall–Kier alpha value is -1.95. The van der Waals surface area contributed by atoms with Gasteiger partial charge in [0, 0.05) is 41.3 Å². The zero-order chi connectivity index (χ0) is 18.5. The number of nitrogens with one attached hydrogen (secondary N) is 1. The maximum atomic E-state index is 12.2. The van der Waals surface area contributed by atoms with Gasteiger partial charge in [0.1, 0.15) is 13.2 Å². The van der Waals surface area contributed by atoms with Crippen molar-refractivity contribution >= 4 is 34.8 Å². The molecule has 0 saturated heterocycles. The standard InChI is InChI=1S/C19H20Cl2N2O3/c1-23(12-13-2-3-14(20)10-16(13)21)7-6-19(24)22-15-4-5-17-18(11-15)26-9-8-25-17/h2-5,10-11H,6-9,12H2,1H3,(H,22,24). The van der Waals surface area contributed by atoms with E-state index >= 15 is 0 Å². The van der Waals surface area contributed by atoms with Crippen molar-refractivity contribution in [3.05, 3.63) is 52.0 Å². The van der Waals surface area contributed by atoms with Gasteiger partial charge in [0.25, 0.3) is 0 Å². The van der Waals surface area contributed by atoms with Crippen molar-refractivity contribution in [3.63, 3.8) is 0 Å². The van der Waals surface area contributed by atoms with Gasteiger partial charge in [0.2, 0.25) is 5.91 Å². The van der Waals surface area contributed by atoms with Crippen molar-refractivity contribution in [1.82, 2.24) is 4.90 Å². The number of ether oxygens (including phenoxy) is 2. The predicted molar refractivity (Wildman–Crippen MR) is 103 cm³/mol. The minimum absolute atomic E-state index is 0.0595. The summed E-state index contributed by atoms with van der Waals surface area (Å²) in [6.45, 7) is 2.31. The molecule has 0 unspecified atom stereocenters. The van der Waals surface area contributed by atoms with E-state index in [9.17, 15) is 4.79 Å². The van der Waals surface area contributed by atoms with Crippen LogP contribution in [0.5, 0.6) is 11.5 Å². The van der Waals surface area contributed by atoms with E-state index in [1.807, 2.05) is 30.1 Å². The van der Waals surface area contributed by atoms with Crippen LogP contribution in [0.15, 0.2) is 36.4 Å². The first-order valence-electron chi connectivity index (χ1n) is 8.33. The summed E-state index contributed by atoms with van der Waals surface area (Å²) < 4.78 is 11.0. The van der Waals surface area contributed by atoms with Crippen molar-refractivity contribution in [1.29, 1.82) is 0 Å². The average molecular weight is 395 g/mol. The third kappa shape index (κ3) is 5.04. The zero-order valence-electron chi connectivity index (χ0n) is 14.4. The smallest absolute Gasteiger partial charge is 0.225 e. The monoisotopic (exact) mass is 394 g/mol. The van der Waals surface area contributed by atoms with Crippen LogP contribution in [-0.2, 0) is 11.3 Å². The Kier molecular flexibility index (Phi) is 6.25. The number of hydrogen-bond acceptors (Lipinski definition) is 4. The second-order valence-electron chi connectivity index (χ2n) is 6.13. The van der Waals surface area contributed by atoms with E-state index in [1.54, 1.807) is 18.2 Å². The van der Waals surface area contributed by atoms with Crippen LogP contribution in [0.25, 0.3) is 0 Å². The number of nitrogens with zero attached hydrogens (tertiary/aromatic N) is 1. The predicted octanol–water partition coefficient (Wildman–Crippen LogP) is 4.23. The molecule has 0 spiro atoms. The molecule has 1 aliphatic rings. The summed E-state index contributed by atoms with van der Waals surface area (Å²) in [5, 5.41) is 4.13. The SMILES string of the molecule is CN(CCC(=O)Nc1ccc2c(c1)OCCO2)Cc1ccc(Cl)cc1Cl. The highest BCUT2D eigenvalue weighted by molar-refractivity contribution is 6.35. The average Bonchev–Trinajstić information content (AvgIpc) is 2.62. The lowest BCUT2D eigenvalue weighted by atomic mass is 10.2. The van der Waals surface area contributed by atoms with Crippen LogP contribution in [0.3, 0.4) is 0 Å². The van der Waals surface area contributed by atoms with Crippen LogP contribution < -0.4 is 14.8 Å². The van der Waals surface area contributed by atoms with Gasteiger partial charge in [0.05, 0.1) is 0 Å². The van der Waals surface area contributed by atoms with Gasteiger partial charge in [-0.05, 0) is 36.9 Å². The fraction of sp³-hybridized carbons (Fsp3) is 0.316. The van der Waals surface area contributed by atoms with Crippen LogP contribution >= 0.6 is 23.2 Å². The summed E-state index contributed by atoms with van der Waals surface area (Å²) in [5.41, 5.74) is 1.67. The lowest BCUT2D eigenvalue weighted by Crippen LogP contribution is -2.24. The Balaban J connectivity index is 1.49. The number of fused-ring (bicyclic) bond motifs is 1. The molecule has 26 heavy (non-hydrogen) atoms. The second kappa shape index (κ2) is 8.62. The molecule has 5 nitrogen and oxygen atoms in total. The summed E-state index contributed by atoms with van der Waals surface area (Å²) >= 11 is 12.1. The van der Waals surface area contributed by atoms with E-state index in [0.717, 1.165) is 5.56 Å². The van der Waals surface area contributed by atoms with Gasteiger partial charge in [-0.1, -0.05) is 29.3 Å². The minimum atomic E-state index is -0.0595. The molecule has 0 radical (unpaired) electrons. The first-order valence-corrected chi connectivity index (χ1v) is 9.09. The number of carbonyl (C=O) groups is 1. The van der Waals surface area contributed by atoms with Gasteiger partial charge in [-0.3, -0.25) is 4.79 Å². The molecular formula is C19H20Cl2N2O3. The molecule has 3 rings (SSSR count). The van der Waals surface area contributed by atoms with Gasteiger partial charge >= 0.3 is 0 Å². The minimum Gasteiger partial charge on any atom is -0.486 e. The molecule has 0 bridgehead atoms. The van der Waals surface area contributed by atoms with Gasteiger partial charge in [-0.15, -0.1) is 0 Å². The largest absolute Gasteiger partial charge is 0.486 e. The third-order valence-corrected chi connectivity index (χ3v) is 4.59. The molecule has 1 N–H and O–H groups in total. The molecule has 0 fully saturated rings. The van der Waals surface area contributed by atoms with E-state index in [0.29, 0.717) is 60.0 Å². The van der Waals surface area contributed by atoms with Crippen LogP contribution in [0, 0.1) is 0 Å². The molecule has 1 aliphatic heterocycles. The number of benzene rings is 2. The fourth-order valence-electron chi connectivity index (χ4n) is 2.66. The number of carbonyl (C=O) groups excluding carboxylic acids is 1. The molecule has 0 saturated carbocycles. The van der Waals surface area contributed by atoms with E-state index in [-0.39, 0.29) is 5.91 Å². The van der Waals surface area contributed by atoms with Gasteiger partial charge in [0.15, 0.2) is 11.5 Å². The molecule has 1 amide bonds. The Labute approximate surface area is 162 Å².